The molecule has 21 heavy (non-hydrogen) atoms. The van der Waals surface area contributed by atoms with Gasteiger partial charge in [0.1, 0.15) is 11.5 Å². The van der Waals surface area contributed by atoms with E-state index in [1.165, 1.54) is 0 Å². The first-order valence-electron chi connectivity index (χ1n) is 6.62. The molecule has 1 atom stereocenters. The van der Waals surface area contributed by atoms with Crippen LogP contribution in [0.1, 0.15) is 33.4 Å². The van der Waals surface area contributed by atoms with Gasteiger partial charge < -0.3 is 14.4 Å². The summed E-state index contributed by atoms with van der Waals surface area (Å²) in [4.78, 5) is 14.0. The number of carbonyl (C=O) groups is 1. The number of H-pyrrole nitrogens is 1. The Hall–Kier alpha value is -2.50. The van der Waals surface area contributed by atoms with Crippen LogP contribution in [0.2, 0.25) is 0 Å². The van der Waals surface area contributed by atoms with Crippen molar-refractivity contribution in [1.29, 1.82) is 0 Å². The molecule has 6 nitrogen and oxygen atoms in total. The summed E-state index contributed by atoms with van der Waals surface area (Å²) >= 11 is 0. The van der Waals surface area contributed by atoms with E-state index < -0.39 is 0 Å². The Kier molecular flexibility index (Phi) is 3.08. The minimum Gasteiger partial charge on any atom is -0.497 e. The first-order valence-corrected chi connectivity index (χ1v) is 6.62. The molecule has 2 heterocycles. The molecule has 0 radical (unpaired) electrons. The number of fused-ring (bicyclic) bond motifs is 1. The molecular weight excluding hydrogens is 270 g/mol. The van der Waals surface area contributed by atoms with Crippen LogP contribution in [0.3, 0.4) is 0 Å². The maximum atomic E-state index is 12.3. The molecule has 3 rings (SSSR count). The molecule has 1 amide bonds. The molecule has 0 aliphatic carbocycles. The Bertz CT molecular complexity index is 708. The van der Waals surface area contributed by atoms with Gasteiger partial charge >= 0.3 is 0 Å². The second-order valence-electron chi connectivity index (χ2n) is 5.04. The summed E-state index contributed by atoms with van der Waals surface area (Å²) in [6.45, 7) is 1.91. The maximum absolute atomic E-state index is 12.3. The summed E-state index contributed by atoms with van der Waals surface area (Å²) in [7, 11) is 5.00. The Morgan fingerprint density at radius 2 is 2.05 bits per heavy atom. The van der Waals surface area contributed by atoms with Crippen molar-refractivity contribution in [2.45, 2.75) is 13.0 Å². The van der Waals surface area contributed by atoms with Gasteiger partial charge in [0, 0.05) is 23.9 Å². The number of hydrogen-bond acceptors (Lipinski definition) is 4. The Balaban J connectivity index is 2.20. The molecule has 1 aliphatic heterocycles. The Morgan fingerprint density at radius 1 is 1.29 bits per heavy atom. The van der Waals surface area contributed by atoms with Gasteiger partial charge in [0.2, 0.25) is 0 Å². The normalized spacial score (nSPS) is 17.0. The summed E-state index contributed by atoms with van der Waals surface area (Å²) in [5.74, 6) is 1.35. The minimum absolute atomic E-state index is 0.0933. The summed E-state index contributed by atoms with van der Waals surface area (Å²) in [6, 6.07) is 5.35. The van der Waals surface area contributed by atoms with E-state index in [0.717, 1.165) is 22.6 Å². The highest BCUT2D eigenvalue weighted by atomic mass is 16.5. The first-order chi connectivity index (χ1) is 10.1. The van der Waals surface area contributed by atoms with Gasteiger partial charge in [-0.3, -0.25) is 9.89 Å². The molecule has 1 aliphatic rings. The van der Waals surface area contributed by atoms with Crippen molar-refractivity contribution in [3.8, 4) is 11.5 Å². The fraction of sp³-hybridized carbons (Fsp3) is 0.333. The lowest BCUT2D eigenvalue weighted by Gasteiger charge is -2.23. The third kappa shape index (κ3) is 1.86. The van der Waals surface area contributed by atoms with Crippen molar-refractivity contribution in [3.63, 3.8) is 0 Å². The minimum atomic E-state index is -0.226. The van der Waals surface area contributed by atoms with E-state index in [1.807, 2.05) is 25.1 Å². The Labute approximate surface area is 122 Å². The molecule has 0 saturated carbocycles. The highest BCUT2D eigenvalue weighted by Crippen LogP contribution is 2.42. The third-order valence-electron chi connectivity index (χ3n) is 3.91. The van der Waals surface area contributed by atoms with Crippen molar-refractivity contribution >= 4 is 5.91 Å². The maximum Gasteiger partial charge on any atom is 0.275 e. The number of nitrogens with zero attached hydrogens (tertiary/aromatic N) is 2. The van der Waals surface area contributed by atoms with Crippen molar-refractivity contribution in [3.05, 3.63) is 40.7 Å². The Morgan fingerprint density at radius 3 is 2.71 bits per heavy atom. The predicted molar refractivity (Wildman–Crippen MR) is 76.8 cm³/mol. The zero-order valence-electron chi connectivity index (χ0n) is 12.4. The van der Waals surface area contributed by atoms with Crippen molar-refractivity contribution < 1.29 is 14.3 Å². The summed E-state index contributed by atoms with van der Waals surface area (Å²) < 4.78 is 10.7. The van der Waals surface area contributed by atoms with Crippen LogP contribution in [0.4, 0.5) is 0 Å². The highest BCUT2D eigenvalue weighted by Gasteiger charge is 2.40. The molecule has 1 aromatic carbocycles. The smallest absolute Gasteiger partial charge is 0.275 e. The molecule has 0 bridgehead atoms. The number of aromatic nitrogens is 2. The number of nitrogens with one attached hydrogen (secondary N) is 1. The fourth-order valence-electron chi connectivity index (χ4n) is 2.83. The molecule has 110 valence electrons. The first kappa shape index (κ1) is 13.5. The zero-order chi connectivity index (χ0) is 15.1. The van der Waals surface area contributed by atoms with Crippen molar-refractivity contribution in [2.75, 3.05) is 21.3 Å². The van der Waals surface area contributed by atoms with Gasteiger partial charge in [-0.15, -0.1) is 0 Å². The van der Waals surface area contributed by atoms with Gasteiger partial charge in [-0.1, -0.05) is 0 Å². The van der Waals surface area contributed by atoms with Gasteiger partial charge in [-0.25, -0.2) is 0 Å². The molecule has 0 fully saturated rings. The van der Waals surface area contributed by atoms with E-state index >= 15 is 0 Å². The summed E-state index contributed by atoms with van der Waals surface area (Å²) in [5.41, 5.74) is 3.15. The van der Waals surface area contributed by atoms with Gasteiger partial charge in [0.05, 0.1) is 20.3 Å². The van der Waals surface area contributed by atoms with E-state index in [9.17, 15) is 4.79 Å². The lowest BCUT2D eigenvalue weighted by atomic mass is 9.98. The number of aryl methyl sites for hydroxylation is 1. The van der Waals surface area contributed by atoms with E-state index in [2.05, 4.69) is 10.2 Å². The number of hydrogen-bond donors (Lipinski definition) is 1. The second kappa shape index (κ2) is 4.80. The van der Waals surface area contributed by atoms with Crippen LogP contribution >= 0.6 is 0 Å². The molecule has 1 N–H and O–H groups in total. The molecule has 6 heteroatoms. The van der Waals surface area contributed by atoms with Gasteiger partial charge in [0.25, 0.3) is 5.91 Å². The van der Waals surface area contributed by atoms with Crippen LogP contribution in [0, 0.1) is 6.92 Å². The second-order valence-corrected chi connectivity index (χ2v) is 5.04. The number of methoxy groups -OCH3 is 2. The highest BCUT2D eigenvalue weighted by molar-refractivity contribution is 5.98. The van der Waals surface area contributed by atoms with Crippen LogP contribution in [0.5, 0.6) is 11.5 Å². The third-order valence-corrected chi connectivity index (χ3v) is 3.91. The fourth-order valence-corrected chi connectivity index (χ4v) is 2.83. The number of amides is 1. The average Bonchev–Trinajstić information content (AvgIpc) is 2.99. The quantitative estimate of drug-likeness (QED) is 0.936. The van der Waals surface area contributed by atoms with E-state index in [-0.39, 0.29) is 11.9 Å². The zero-order valence-corrected chi connectivity index (χ0v) is 12.4. The SMILES string of the molecule is COc1ccc(OC)c([C@@H]2c3c(n[nH]c3C)C(=O)N2C)c1. The molecule has 2 aromatic rings. The molecule has 1 aromatic heterocycles. The lowest BCUT2D eigenvalue weighted by molar-refractivity contribution is 0.0786. The lowest BCUT2D eigenvalue weighted by Crippen LogP contribution is -2.25. The van der Waals surface area contributed by atoms with Crippen LogP contribution < -0.4 is 9.47 Å². The van der Waals surface area contributed by atoms with E-state index in [0.29, 0.717) is 11.4 Å². The largest absolute Gasteiger partial charge is 0.497 e. The average molecular weight is 287 g/mol. The van der Waals surface area contributed by atoms with E-state index in [1.54, 1.807) is 26.2 Å². The number of benzene rings is 1. The van der Waals surface area contributed by atoms with Crippen molar-refractivity contribution in [2.24, 2.45) is 0 Å². The molecular formula is C15H17N3O3. The molecule has 0 saturated heterocycles. The number of carbonyl (C=O) groups excluding carboxylic acids is 1. The van der Waals surface area contributed by atoms with E-state index in [4.69, 9.17) is 9.47 Å². The van der Waals surface area contributed by atoms with Crippen LogP contribution in [0.15, 0.2) is 18.2 Å². The molecule has 0 spiro atoms. The number of ether oxygens (including phenoxy) is 2. The van der Waals surface area contributed by atoms with Gasteiger partial charge in [-0.2, -0.15) is 5.10 Å². The molecule has 0 unspecified atom stereocenters. The summed E-state index contributed by atoms with van der Waals surface area (Å²) in [5, 5.41) is 7.00. The van der Waals surface area contributed by atoms with Crippen LogP contribution in [0.25, 0.3) is 0 Å². The monoisotopic (exact) mass is 287 g/mol. The van der Waals surface area contributed by atoms with Gasteiger partial charge in [0.15, 0.2) is 5.69 Å². The number of aromatic amines is 1. The van der Waals surface area contributed by atoms with Crippen molar-refractivity contribution in [1.82, 2.24) is 15.1 Å². The summed E-state index contributed by atoms with van der Waals surface area (Å²) in [6.07, 6.45) is 0. The van der Waals surface area contributed by atoms with Crippen LogP contribution in [-0.2, 0) is 0 Å². The topological polar surface area (TPSA) is 67.5 Å². The predicted octanol–water partition coefficient (Wildman–Crippen LogP) is 1.91. The number of rotatable bonds is 3. The van der Waals surface area contributed by atoms with Gasteiger partial charge in [-0.05, 0) is 25.1 Å². The van der Waals surface area contributed by atoms with Crippen LogP contribution in [-0.4, -0.2) is 42.3 Å². The standard InChI is InChI=1S/C15H17N3O3/c1-8-12-13(17-16-8)15(19)18(2)14(12)10-7-9(20-3)5-6-11(10)21-4/h5-7,14H,1-4H3,(H,16,17)/t14-/m1/s1.